The number of hydrogen-bond acceptors (Lipinski definition) is 4. The molecule has 1 heterocycles. The number of hydrogen-bond donors (Lipinski definition) is 3. The van der Waals surface area contributed by atoms with E-state index in [0.29, 0.717) is 17.2 Å². The number of ether oxygens (including phenoxy) is 2. The Kier molecular flexibility index (Phi) is 3.84. The van der Waals surface area contributed by atoms with E-state index in [-0.39, 0.29) is 11.9 Å². The highest BCUT2D eigenvalue weighted by Gasteiger charge is 2.38. The predicted molar refractivity (Wildman–Crippen MR) is 66.1 cm³/mol. The zero-order valence-corrected chi connectivity index (χ0v) is 10.5. The fourth-order valence-corrected chi connectivity index (χ4v) is 1.49. The summed E-state index contributed by atoms with van der Waals surface area (Å²) < 4.78 is 46.0. The summed E-state index contributed by atoms with van der Waals surface area (Å²) in [5.41, 5.74) is 3.82. The minimum atomic E-state index is -4.98. The maximum Gasteiger partial charge on any atom is 0.472 e. The summed E-state index contributed by atoms with van der Waals surface area (Å²) in [5.74, 6) is -1.11. The molecule has 6 nitrogen and oxygen atoms in total. The molecule has 20 heavy (non-hydrogen) atoms. The van der Waals surface area contributed by atoms with Gasteiger partial charge in [0.05, 0.1) is 0 Å². The van der Waals surface area contributed by atoms with Crippen LogP contribution >= 0.6 is 12.2 Å². The number of hydrazine groups is 1. The number of fused-ring (bicyclic) bond motifs is 1. The fraction of sp³-hybridized carbons (Fsp3) is 0.200. The Bertz CT molecular complexity index is 550. The Labute approximate surface area is 116 Å². The molecule has 0 aromatic heterocycles. The summed E-state index contributed by atoms with van der Waals surface area (Å²) >= 11 is 4.73. The van der Waals surface area contributed by atoms with E-state index in [1.807, 2.05) is 5.43 Å². The molecule has 1 aromatic rings. The number of benzene rings is 1. The van der Waals surface area contributed by atoms with Gasteiger partial charge in [0.15, 0.2) is 16.6 Å². The topological polar surface area (TPSA) is 71.6 Å². The maximum atomic E-state index is 11.9. The lowest BCUT2D eigenvalue weighted by molar-refractivity contribution is -0.174. The van der Waals surface area contributed by atoms with Gasteiger partial charge in [0, 0.05) is 11.8 Å². The van der Waals surface area contributed by atoms with Crippen molar-refractivity contribution in [3.8, 4) is 11.5 Å². The number of rotatable bonds is 1. The molecule has 1 aliphatic rings. The first-order chi connectivity index (χ1) is 9.36. The lowest BCUT2D eigenvalue weighted by Crippen LogP contribution is -2.49. The molecular formula is C10H8F3N3O3S. The smallest absolute Gasteiger partial charge is 0.454 e. The molecule has 2 rings (SSSR count). The van der Waals surface area contributed by atoms with Crippen molar-refractivity contribution >= 4 is 28.9 Å². The largest absolute Gasteiger partial charge is 0.472 e. The molecule has 0 atom stereocenters. The molecule has 0 unspecified atom stereocenters. The van der Waals surface area contributed by atoms with Crippen LogP contribution in [-0.2, 0) is 4.79 Å². The van der Waals surface area contributed by atoms with E-state index in [1.165, 1.54) is 5.43 Å². The van der Waals surface area contributed by atoms with E-state index in [4.69, 9.17) is 21.7 Å². The van der Waals surface area contributed by atoms with Crippen molar-refractivity contribution in [1.82, 2.24) is 10.9 Å². The van der Waals surface area contributed by atoms with Gasteiger partial charge in [-0.25, -0.2) is 0 Å². The normalized spacial score (nSPS) is 12.8. The molecule has 0 spiro atoms. The van der Waals surface area contributed by atoms with Crippen LogP contribution in [0.3, 0.4) is 0 Å². The molecule has 10 heteroatoms. The van der Waals surface area contributed by atoms with Crippen LogP contribution in [0.1, 0.15) is 0 Å². The summed E-state index contributed by atoms with van der Waals surface area (Å²) in [6, 6.07) is 4.76. The number of carbonyl (C=O) groups excluding carboxylic acids is 1. The Morgan fingerprint density at radius 3 is 2.60 bits per heavy atom. The van der Waals surface area contributed by atoms with E-state index in [0.717, 1.165) is 0 Å². The first-order valence-corrected chi connectivity index (χ1v) is 5.61. The highest BCUT2D eigenvalue weighted by Crippen LogP contribution is 2.34. The van der Waals surface area contributed by atoms with Gasteiger partial charge in [0.2, 0.25) is 6.79 Å². The van der Waals surface area contributed by atoms with Gasteiger partial charge in [0.25, 0.3) is 0 Å². The van der Waals surface area contributed by atoms with Crippen molar-refractivity contribution < 1.29 is 27.4 Å². The lowest BCUT2D eigenvalue weighted by Gasteiger charge is -2.12. The quantitative estimate of drug-likeness (QED) is 0.536. The van der Waals surface area contributed by atoms with E-state index in [2.05, 4.69) is 5.32 Å². The van der Waals surface area contributed by atoms with Crippen molar-refractivity contribution in [3.05, 3.63) is 18.2 Å². The zero-order chi connectivity index (χ0) is 14.8. The van der Waals surface area contributed by atoms with Gasteiger partial charge in [-0.15, -0.1) is 0 Å². The molecule has 0 fully saturated rings. The molecule has 0 radical (unpaired) electrons. The zero-order valence-electron chi connectivity index (χ0n) is 9.71. The molecular weight excluding hydrogens is 299 g/mol. The second kappa shape index (κ2) is 5.41. The third-order valence-corrected chi connectivity index (χ3v) is 2.38. The van der Waals surface area contributed by atoms with Crippen LogP contribution in [0.25, 0.3) is 0 Å². The second-order valence-corrected chi connectivity index (χ2v) is 4.01. The molecule has 108 valence electrons. The van der Waals surface area contributed by atoms with Gasteiger partial charge in [-0.05, 0) is 24.4 Å². The molecule has 0 saturated heterocycles. The molecule has 0 aliphatic carbocycles. The highest BCUT2D eigenvalue weighted by molar-refractivity contribution is 7.80. The number of carbonyl (C=O) groups is 1. The fourth-order valence-electron chi connectivity index (χ4n) is 1.32. The Hall–Kier alpha value is -2.23. The van der Waals surface area contributed by atoms with E-state index >= 15 is 0 Å². The van der Waals surface area contributed by atoms with Crippen molar-refractivity contribution in [1.29, 1.82) is 0 Å². The van der Waals surface area contributed by atoms with Crippen LogP contribution in [0.15, 0.2) is 18.2 Å². The van der Waals surface area contributed by atoms with Crippen LogP contribution in [0.2, 0.25) is 0 Å². The number of anilines is 1. The van der Waals surface area contributed by atoms with Gasteiger partial charge in [0.1, 0.15) is 0 Å². The average molecular weight is 307 g/mol. The van der Waals surface area contributed by atoms with Gasteiger partial charge in [-0.2, -0.15) is 13.2 Å². The van der Waals surface area contributed by atoms with Gasteiger partial charge in [-0.1, -0.05) is 0 Å². The summed E-state index contributed by atoms with van der Waals surface area (Å²) in [6.45, 7) is 0.100. The second-order valence-electron chi connectivity index (χ2n) is 3.60. The average Bonchev–Trinajstić information content (AvgIpc) is 2.82. The van der Waals surface area contributed by atoms with Crippen molar-refractivity contribution in [2.24, 2.45) is 0 Å². The molecule has 1 amide bonds. The van der Waals surface area contributed by atoms with Crippen LogP contribution in [0.5, 0.6) is 11.5 Å². The van der Waals surface area contributed by atoms with Crippen LogP contribution in [0.4, 0.5) is 18.9 Å². The highest BCUT2D eigenvalue weighted by atomic mass is 32.1. The van der Waals surface area contributed by atoms with Crippen LogP contribution in [-0.4, -0.2) is 24.0 Å². The predicted octanol–water partition coefficient (Wildman–Crippen LogP) is 1.30. The first-order valence-electron chi connectivity index (χ1n) is 5.20. The molecule has 0 saturated carbocycles. The number of amides is 1. The van der Waals surface area contributed by atoms with Gasteiger partial charge >= 0.3 is 12.1 Å². The van der Waals surface area contributed by atoms with Crippen molar-refractivity contribution in [3.63, 3.8) is 0 Å². The van der Waals surface area contributed by atoms with Crippen molar-refractivity contribution in [2.75, 3.05) is 12.1 Å². The summed E-state index contributed by atoms with van der Waals surface area (Å²) in [4.78, 5) is 10.6. The number of thiocarbonyl (C=S) groups is 1. The minimum absolute atomic E-state index is 0.100. The summed E-state index contributed by atoms with van der Waals surface area (Å²) in [7, 11) is 0. The maximum absolute atomic E-state index is 11.9. The van der Waals surface area contributed by atoms with Crippen LogP contribution < -0.4 is 25.6 Å². The Balaban J connectivity index is 1.87. The van der Waals surface area contributed by atoms with Gasteiger partial charge in [-0.3, -0.25) is 15.6 Å². The SMILES string of the molecule is O=C(NNC(=S)Nc1ccc2c(c1)OCO2)C(F)(F)F. The molecule has 3 N–H and O–H groups in total. The Morgan fingerprint density at radius 1 is 1.20 bits per heavy atom. The molecule has 1 aliphatic heterocycles. The first kappa shape index (κ1) is 14.2. The van der Waals surface area contributed by atoms with E-state index < -0.39 is 12.1 Å². The van der Waals surface area contributed by atoms with E-state index in [1.54, 1.807) is 18.2 Å². The lowest BCUT2D eigenvalue weighted by atomic mass is 10.3. The third-order valence-electron chi connectivity index (χ3n) is 2.18. The Morgan fingerprint density at radius 2 is 1.90 bits per heavy atom. The monoisotopic (exact) mass is 307 g/mol. The van der Waals surface area contributed by atoms with Crippen molar-refractivity contribution in [2.45, 2.75) is 6.18 Å². The standard InChI is InChI=1S/C10H8F3N3O3S/c11-10(12,13)8(17)15-16-9(20)14-5-1-2-6-7(3-5)19-4-18-6/h1-3H,4H2,(H,15,17)(H2,14,16,20). The number of alkyl halides is 3. The number of halogens is 3. The van der Waals surface area contributed by atoms with Crippen LogP contribution in [0, 0.1) is 0 Å². The van der Waals surface area contributed by atoms with E-state index in [9.17, 15) is 18.0 Å². The third kappa shape index (κ3) is 3.41. The molecule has 0 bridgehead atoms. The minimum Gasteiger partial charge on any atom is -0.454 e. The summed E-state index contributed by atoms with van der Waals surface area (Å²) in [5, 5.41) is 2.37. The summed E-state index contributed by atoms with van der Waals surface area (Å²) in [6.07, 6.45) is -4.98. The van der Waals surface area contributed by atoms with Gasteiger partial charge < -0.3 is 14.8 Å². The molecule has 1 aromatic carbocycles. The number of nitrogens with one attached hydrogen (secondary N) is 3.